The van der Waals surface area contributed by atoms with Gasteiger partial charge in [0.25, 0.3) is 0 Å². The van der Waals surface area contributed by atoms with E-state index >= 15 is 0 Å². The van der Waals surface area contributed by atoms with E-state index in [1.807, 2.05) is 60.7 Å². The van der Waals surface area contributed by atoms with Crippen LogP contribution in [-0.2, 0) is 14.8 Å². The number of benzene rings is 4. The van der Waals surface area contributed by atoms with E-state index in [2.05, 4.69) is 10.6 Å². The topological polar surface area (TPSA) is 137 Å². The number of primary sulfonamides is 1. The molecule has 0 heterocycles. The number of methoxy groups -OCH3 is 1. The lowest BCUT2D eigenvalue weighted by molar-refractivity contribution is 0.0594. The molecule has 0 unspecified atom stereocenters. The zero-order chi connectivity index (χ0) is 27.1. The second kappa shape index (κ2) is 11.6. The van der Waals surface area contributed by atoms with E-state index in [1.54, 1.807) is 12.1 Å². The van der Waals surface area contributed by atoms with Gasteiger partial charge in [0.2, 0.25) is 10.0 Å². The Morgan fingerprint density at radius 3 is 1.82 bits per heavy atom. The van der Waals surface area contributed by atoms with E-state index in [0.717, 1.165) is 11.1 Å². The summed E-state index contributed by atoms with van der Waals surface area (Å²) < 4.78 is 34.1. The lowest BCUT2D eigenvalue weighted by atomic mass is 10.0. The fraction of sp³-hybridized carbons (Fsp3) is 0.0714. The van der Waals surface area contributed by atoms with Crippen molar-refractivity contribution in [1.82, 2.24) is 0 Å². The van der Waals surface area contributed by atoms with Gasteiger partial charge in [-0.3, -0.25) is 0 Å². The average Bonchev–Trinajstić information content (AvgIpc) is 2.92. The molecule has 2 amide bonds. The zero-order valence-corrected chi connectivity index (χ0v) is 21.1. The number of amides is 2. The monoisotopic (exact) mass is 531 g/mol. The molecule has 4 aromatic rings. The zero-order valence-electron chi connectivity index (χ0n) is 20.3. The SMILES string of the molecule is COC(=O)c1cc(NC(=O)Nc2ccc(S(N)(=O)=O)cc2)ccc1OC(c1ccccc1)c1ccccc1. The number of carbonyl (C=O) groups is 2. The van der Waals surface area contributed by atoms with Crippen LogP contribution in [0.4, 0.5) is 16.2 Å². The Hall–Kier alpha value is -4.67. The maximum atomic E-state index is 12.6. The number of esters is 1. The van der Waals surface area contributed by atoms with Gasteiger partial charge in [0.1, 0.15) is 17.4 Å². The minimum atomic E-state index is -3.84. The summed E-state index contributed by atoms with van der Waals surface area (Å²) in [7, 11) is -2.58. The van der Waals surface area contributed by atoms with Crippen LogP contribution in [0.5, 0.6) is 5.75 Å². The predicted molar refractivity (Wildman–Crippen MR) is 144 cm³/mol. The minimum Gasteiger partial charge on any atom is -0.480 e. The van der Waals surface area contributed by atoms with Gasteiger partial charge >= 0.3 is 12.0 Å². The number of hydrogen-bond acceptors (Lipinski definition) is 6. The van der Waals surface area contributed by atoms with E-state index in [9.17, 15) is 18.0 Å². The van der Waals surface area contributed by atoms with E-state index in [-0.39, 0.29) is 16.2 Å². The summed E-state index contributed by atoms with van der Waals surface area (Å²) in [6.07, 6.45) is -0.497. The van der Waals surface area contributed by atoms with Crippen molar-refractivity contribution in [3.05, 3.63) is 120 Å². The first-order valence-electron chi connectivity index (χ1n) is 11.4. The van der Waals surface area contributed by atoms with Crippen molar-refractivity contribution < 1.29 is 27.5 Å². The van der Waals surface area contributed by atoms with Gasteiger partial charge in [-0.25, -0.2) is 23.1 Å². The summed E-state index contributed by atoms with van der Waals surface area (Å²) in [4.78, 5) is 25.1. The van der Waals surface area contributed by atoms with Crippen LogP contribution in [-0.4, -0.2) is 27.5 Å². The molecule has 194 valence electrons. The van der Waals surface area contributed by atoms with Crippen LogP contribution in [0, 0.1) is 0 Å². The van der Waals surface area contributed by atoms with Gasteiger partial charge in [-0.2, -0.15) is 0 Å². The first kappa shape index (κ1) is 26.4. The molecule has 0 fully saturated rings. The smallest absolute Gasteiger partial charge is 0.341 e. The molecule has 38 heavy (non-hydrogen) atoms. The predicted octanol–water partition coefficient (Wildman–Crippen LogP) is 4.93. The second-order valence-electron chi connectivity index (χ2n) is 8.17. The van der Waals surface area contributed by atoms with Gasteiger partial charge in [0.05, 0.1) is 12.0 Å². The van der Waals surface area contributed by atoms with E-state index in [4.69, 9.17) is 14.6 Å². The third kappa shape index (κ3) is 6.55. The van der Waals surface area contributed by atoms with Crippen molar-refractivity contribution in [1.29, 1.82) is 0 Å². The minimum absolute atomic E-state index is 0.0777. The Morgan fingerprint density at radius 2 is 1.29 bits per heavy atom. The number of urea groups is 1. The molecule has 10 heteroatoms. The van der Waals surface area contributed by atoms with Gasteiger partial charge in [-0.05, 0) is 53.6 Å². The standard InChI is InChI=1S/C28H25N3O6S/c1-36-27(32)24-18-22(31-28(33)30-21-12-15-23(16-13-21)38(29,34)35)14-17-25(24)37-26(19-8-4-2-5-9-19)20-10-6-3-7-11-20/h2-18,26H,1H3,(H2,29,34,35)(H2,30,31,33). The van der Waals surface area contributed by atoms with Gasteiger partial charge in [0.15, 0.2) is 0 Å². The van der Waals surface area contributed by atoms with E-state index < -0.39 is 28.1 Å². The first-order chi connectivity index (χ1) is 18.2. The summed E-state index contributed by atoms with van der Waals surface area (Å²) in [6.45, 7) is 0. The maximum absolute atomic E-state index is 12.6. The fourth-order valence-electron chi connectivity index (χ4n) is 3.71. The fourth-order valence-corrected chi connectivity index (χ4v) is 4.23. The first-order valence-corrected chi connectivity index (χ1v) is 13.0. The van der Waals surface area contributed by atoms with Crippen LogP contribution in [0.15, 0.2) is 108 Å². The van der Waals surface area contributed by atoms with Crippen molar-refractivity contribution in [3.63, 3.8) is 0 Å². The van der Waals surface area contributed by atoms with Gasteiger partial charge < -0.3 is 20.1 Å². The average molecular weight is 532 g/mol. The summed E-state index contributed by atoms with van der Waals surface area (Å²) in [5.74, 6) is -0.360. The highest BCUT2D eigenvalue weighted by molar-refractivity contribution is 7.89. The third-order valence-electron chi connectivity index (χ3n) is 5.53. The molecular weight excluding hydrogens is 506 g/mol. The number of sulfonamides is 1. The molecule has 0 atom stereocenters. The summed E-state index contributed by atoms with van der Waals surface area (Å²) >= 11 is 0. The Labute approximate surface area is 220 Å². The van der Waals surface area contributed by atoms with E-state index in [1.165, 1.54) is 37.4 Å². The number of rotatable bonds is 8. The van der Waals surface area contributed by atoms with Crippen molar-refractivity contribution in [2.75, 3.05) is 17.7 Å². The molecule has 0 aliphatic heterocycles. The largest absolute Gasteiger partial charge is 0.480 e. The Bertz CT molecular complexity index is 1490. The highest BCUT2D eigenvalue weighted by atomic mass is 32.2. The lowest BCUT2D eigenvalue weighted by Crippen LogP contribution is -2.20. The molecule has 0 radical (unpaired) electrons. The number of ether oxygens (including phenoxy) is 2. The van der Waals surface area contributed by atoms with Crippen molar-refractivity contribution in [2.45, 2.75) is 11.0 Å². The Balaban J connectivity index is 1.57. The van der Waals surface area contributed by atoms with Crippen molar-refractivity contribution >= 4 is 33.4 Å². The molecule has 4 N–H and O–H groups in total. The molecule has 9 nitrogen and oxygen atoms in total. The summed E-state index contributed by atoms with van der Waals surface area (Å²) in [5.41, 5.74) is 2.57. The van der Waals surface area contributed by atoms with Crippen molar-refractivity contribution in [3.8, 4) is 5.75 Å². The van der Waals surface area contributed by atoms with Crippen LogP contribution in [0.25, 0.3) is 0 Å². The second-order valence-corrected chi connectivity index (χ2v) is 9.73. The highest BCUT2D eigenvalue weighted by Crippen LogP contribution is 2.32. The molecule has 4 aromatic carbocycles. The summed E-state index contributed by atoms with van der Waals surface area (Å²) in [6, 6.07) is 28.6. The summed E-state index contributed by atoms with van der Waals surface area (Å²) in [5, 5.41) is 10.3. The molecule has 0 aliphatic carbocycles. The lowest BCUT2D eigenvalue weighted by Gasteiger charge is -2.22. The molecule has 0 aromatic heterocycles. The van der Waals surface area contributed by atoms with Crippen LogP contribution < -0.4 is 20.5 Å². The molecule has 0 saturated carbocycles. The number of nitrogens with two attached hydrogens (primary N) is 1. The molecule has 0 aliphatic rings. The molecule has 0 spiro atoms. The quantitative estimate of drug-likeness (QED) is 0.276. The van der Waals surface area contributed by atoms with Gasteiger partial charge in [-0.15, -0.1) is 0 Å². The van der Waals surface area contributed by atoms with Crippen LogP contribution in [0.2, 0.25) is 0 Å². The van der Waals surface area contributed by atoms with Gasteiger partial charge in [-0.1, -0.05) is 60.7 Å². The van der Waals surface area contributed by atoms with Crippen LogP contribution in [0.3, 0.4) is 0 Å². The number of nitrogens with one attached hydrogen (secondary N) is 2. The van der Waals surface area contributed by atoms with Crippen LogP contribution in [0.1, 0.15) is 27.6 Å². The number of hydrogen-bond donors (Lipinski definition) is 3. The Kier molecular flexibility index (Phi) is 8.05. The number of anilines is 2. The molecular formula is C28H25N3O6S. The molecule has 0 saturated heterocycles. The van der Waals surface area contributed by atoms with Crippen molar-refractivity contribution in [2.24, 2.45) is 5.14 Å². The van der Waals surface area contributed by atoms with Gasteiger partial charge in [0, 0.05) is 11.4 Å². The molecule has 4 rings (SSSR count). The maximum Gasteiger partial charge on any atom is 0.341 e. The third-order valence-corrected chi connectivity index (χ3v) is 6.46. The molecule has 0 bridgehead atoms. The normalized spacial score (nSPS) is 11.0. The number of carbonyl (C=O) groups excluding carboxylic acids is 2. The highest BCUT2D eigenvalue weighted by Gasteiger charge is 2.21. The van der Waals surface area contributed by atoms with E-state index in [0.29, 0.717) is 11.4 Å². The Morgan fingerprint density at radius 1 is 0.763 bits per heavy atom. The van der Waals surface area contributed by atoms with Crippen LogP contribution >= 0.6 is 0 Å².